The molecule has 4 heteroatoms. The molecule has 1 aliphatic carbocycles. The Morgan fingerprint density at radius 3 is 2.59 bits per heavy atom. The smallest absolute Gasteiger partial charge is 0.0700 e. The van der Waals surface area contributed by atoms with Crippen molar-refractivity contribution in [3.05, 3.63) is 0 Å². The molecule has 1 unspecified atom stereocenters. The van der Waals surface area contributed by atoms with Crippen molar-refractivity contribution >= 4 is 0 Å². The van der Waals surface area contributed by atoms with Crippen LogP contribution < -0.4 is 5.32 Å². The van der Waals surface area contributed by atoms with Gasteiger partial charge in [-0.25, -0.2) is 0 Å². The third-order valence-corrected chi connectivity index (χ3v) is 2.74. The van der Waals surface area contributed by atoms with E-state index in [0.29, 0.717) is 19.1 Å². The van der Waals surface area contributed by atoms with Crippen molar-refractivity contribution in [2.75, 3.05) is 46.7 Å². The number of nitrogens with one attached hydrogen (secondary N) is 1. The van der Waals surface area contributed by atoms with Crippen LogP contribution in [0.4, 0.5) is 0 Å². The van der Waals surface area contributed by atoms with E-state index < -0.39 is 0 Å². The van der Waals surface area contributed by atoms with Gasteiger partial charge < -0.3 is 19.5 Å². The minimum atomic E-state index is 0.602. The average molecular weight is 245 g/mol. The molecule has 1 fully saturated rings. The summed E-state index contributed by atoms with van der Waals surface area (Å²) in [6.07, 6.45) is 3.67. The van der Waals surface area contributed by atoms with Gasteiger partial charge in [-0.2, -0.15) is 0 Å². The minimum Gasteiger partial charge on any atom is -0.382 e. The van der Waals surface area contributed by atoms with Crippen LogP contribution in [-0.2, 0) is 14.2 Å². The molecule has 0 radical (unpaired) electrons. The van der Waals surface area contributed by atoms with Crippen molar-refractivity contribution in [2.45, 2.75) is 32.2 Å². The molecule has 1 aliphatic rings. The fourth-order valence-electron chi connectivity index (χ4n) is 1.51. The highest BCUT2D eigenvalue weighted by molar-refractivity contribution is 4.81. The van der Waals surface area contributed by atoms with Crippen molar-refractivity contribution in [2.24, 2.45) is 5.92 Å². The molecule has 0 heterocycles. The minimum absolute atomic E-state index is 0.602. The fraction of sp³-hybridized carbons (Fsp3) is 1.00. The van der Waals surface area contributed by atoms with Gasteiger partial charge in [-0.3, -0.25) is 0 Å². The van der Waals surface area contributed by atoms with Crippen LogP contribution in [0.3, 0.4) is 0 Å². The number of ether oxygens (including phenoxy) is 3. The van der Waals surface area contributed by atoms with E-state index in [0.717, 1.165) is 38.8 Å². The van der Waals surface area contributed by atoms with Gasteiger partial charge in [0.2, 0.25) is 0 Å². The Labute approximate surface area is 105 Å². The lowest BCUT2D eigenvalue weighted by Crippen LogP contribution is -2.26. The Kier molecular flexibility index (Phi) is 8.61. The second-order valence-electron chi connectivity index (χ2n) is 4.82. The molecular weight excluding hydrogens is 218 g/mol. The average Bonchev–Trinajstić information content (AvgIpc) is 3.14. The molecule has 1 atom stereocenters. The number of rotatable bonds is 12. The lowest BCUT2D eigenvalue weighted by molar-refractivity contribution is 0.0457. The second-order valence-corrected chi connectivity index (χ2v) is 4.82. The van der Waals surface area contributed by atoms with Crippen LogP contribution >= 0.6 is 0 Å². The summed E-state index contributed by atoms with van der Waals surface area (Å²) in [5, 5.41) is 3.51. The zero-order valence-electron chi connectivity index (χ0n) is 11.2. The van der Waals surface area contributed by atoms with E-state index in [1.54, 1.807) is 7.11 Å². The summed E-state index contributed by atoms with van der Waals surface area (Å²) in [6.45, 7) is 7.05. The van der Waals surface area contributed by atoms with Gasteiger partial charge in [0.15, 0.2) is 0 Å². The van der Waals surface area contributed by atoms with Crippen molar-refractivity contribution in [3.8, 4) is 0 Å². The monoisotopic (exact) mass is 245 g/mol. The van der Waals surface area contributed by atoms with Gasteiger partial charge in [-0.1, -0.05) is 6.92 Å². The van der Waals surface area contributed by atoms with Gasteiger partial charge in [-0.15, -0.1) is 0 Å². The Morgan fingerprint density at radius 1 is 1.12 bits per heavy atom. The Morgan fingerprint density at radius 2 is 1.88 bits per heavy atom. The molecular formula is C13H27NO3. The number of methoxy groups -OCH3 is 1. The molecule has 17 heavy (non-hydrogen) atoms. The first-order valence-corrected chi connectivity index (χ1v) is 6.70. The van der Waals surface area contributed by atoms with Crippen LogP contribution in [0.25, 0.3) is 0 Å². The second kappa shape index (κ2) is 9.83. The van der Waals surface area contributed by atoms with Gasteiger partial charge in [0.1, 0.15) is 0 Å². The molecule has 1 saturated carbocycles. The summed E-state index contributed by atoms with van der Waals surface area (Å²) in [7, 11) is 1.68. The van der Waals surface area contributed by atoms with Gasteiger partial charge in [0.05, 0.1) is 19.8 Å². The SMILES string of the molecule is COCCOCCCOCC(C)CNC1CC1. The summed E-state index contributed by atoms with van der Waals surface area (Å²) >= 11 is 0. The first-order valence-electron chi connectivity index (χ1n) is 6.70. The summed E-state index contributed by atoms with van der Waals surface area (Å²) in [6, 6.07) is 0.798. The molecule has 0 aromatic carbocycles. The lowest BCUT2D eigenvalue weighted by Gasteiger charge is -2.12. The standard InChI is InChI=1S/C13H27NO3/c1-12(10-14-13-4-5-13)11-17-7-3-6-16-9-8-15-2/h12-14H,3-11H2,1-2H3. The molecule has 0 aromatic rings. The molecule has 0 aliphatic heterocycles. The maximum atomic E-state index is 5.60. The molecule has 1 rings (SSSR count). The number of hydrogen-bond donors (Lipinski definition) is 1. The van der Waals surface area contributed by atoms with Crippen LogP contribution in [-0.4, -0.2) is 52.7 Å². The normalized spacial score (nSPS) is 17.3. The summed E-state index contributed by atoms with van der Waals surface area (Å²) < 4.78 is 15.8. The Bertz CT molecular complexity index is 174. The van der Waals surface area contributed by atoms with Crippen LogP contribution in [0, 0.1) is 5.92 Å². The van der Waals surface area contributed by atoms with Crippen molar-refractivity contribution in [1.82, 2.24) is 5.32 Å². The van der Waals surface area contributed by atoms with Crippen molar-refractivity contribution in [3.63, 3.8) is 0 Å². The third-order valence-electron chi connectivity index (χ3n) is 2.74. The van der Waals surface area contributed by atoms with E-state index >= 15 is 0 Å². The molecule has 0 aromatic heterocycles. The van der Waals surface area contributed by atoms with Crippen molar-refractivity contribution in [1.29, 1.82) is 0 Å². The number of hydrogen-bond acceptors (Lipinski definition) is 4. The largest absolute Gasteiger partial charge is 0.382 e. The summed E-state index contributed by atoms with van der Waals surface area (Å²) in [4.78, 5) is 0. The predicted octanol–water partition coefficient (Wildman–Crippen LogP) is 1.44. The van der Waals surface area contributed by atoms with Gasteiger partial charge >= 0.3 is 0 Å². The van der Waals surface area contributed by atoms with Gasteiger partial charge in [-0.05, 0) is 25.2 Å². The highest BCUT2D eigenvalue weighted by atomic mass is 16.5. The topological polar surface area (TPSA) is 39.7 Å². The molecule has 1 N–H and O–H groups in total. The third kappa shape index (κ3) is 9.53. The van der Waals surface area contributed by atoms with Crippen LogP contribution in [0.1, 0.15) is 26.2 Å². The molecule has 102 valence electrons. The van der Waals surface area contributed by atoms with Crippen LogP contribution in [0.15, 0.2) is 0 Å². The van der Waals surface area contributed by atoms with Crippen LogP contribution in [0.5, 0.6) is 0 Å². The molecule has 0 amide bonds. The zero-order chi connectivity index (χ0) is 12.3. The maximum absolute atomic E-state index is 5.60. The zero-order valence-corrected chi connectivity index (χ0v) is 11.2. The van der Waals surface area contributed by atoms with E-state index in [1.165, 1.54) is 12.8 Å². The molecule has 0 spiro atoms. The molecule has 0 bridgehead atoms. The van der Waals surface area contributed by atoms with Crippen LogP contribution in [0.2, 0.25) is 0 Å². The highest BCUT2D eigenvalue weighted by Crippen LogP contribution is 2.18. The van der Waals surface area contributed by atoms with Gasteiger partial charge in [0, 0.05) is 32.9 Å². The van der Waals surface area contributed by atoms with E-state index in [1.807, 2.05) is 0 Å². The van der Waals surface area contributed by atoms with E-state index in [2.05, 4.69) is 12.2 Å². The highest BCUT2D eigenvalue weighted by Gasteiger charge is 2.20. The predicted molar refractivity (Wildman–Crippen MR) is 68.3 cm³/mol. The molecule has 4 nitrogen and oxygen atoms in total. The first kappa shape index (κ1) is 14.9. The van der Waals surface area contributed by atoms with Gasteiger partial charge in [0.25, 0.3) is 0 Å². The first-order chi connectivity index (χ1) is 8.33. The Balaban J connectivity index is 1.73. The lowest BCUT2D eigenvalue weighted by atomic mass is 10.2. The van der Waals surface area contributed by atoms with E-state index in [4.69, 9.17) is 14.2 Å². The summed E-state index contributed by atoms with van der Waals surface area (Å²) in [5.41, 5.74) is 0. The quantitative estimate of drug-likeness (QED) is 0.528. The fourth-order valence-corrected chi connectivity index (χ4v) is 1.51. The maximum Gasteiger partial charge on any atom is 0.0700 e. The van der Waals surface area contributed by atoms with Crippen molar-refractivity contribution < 1.29 is 14.2 Å². The van der Waals surface area contributed by atoms with E-state index in [9.17, 15) is 0 Å². The van der Waals surface area contributed by atoms with E-state index in [-0.39, 0.29) is 0 Å². The summed E-state index contributed by atoms with van der Waals surface area (Å²) in [5.74, 6) is 0.602. The Hall–Kier alpha value is -0.160. The molecule has 0 saturated heterocycles.